The van der Waals surface area contributed by atoms with Crippen LogP contribution in [0.5, 0.6) is 34.5 Å². The van der Waals surface area contributed by atoms with E-state index in [1.807, 2.05) is 43.5 Å². The van der Waals surface area contributed by atoms with E-state index in [9.17, 15) is 31.9 Å². The Bertz CT molecular complexity index is 3030. The molecule has 4 aliphatic rings. The Morgan fingerprint density at radius 1 is 0.671 bits per heavy atom. The van der Waals surface area contributed by atoms with E-state index >= 15 is 0 Å². The molecule has 402 valence electrons. The van der Waals surface area contributed by atoms with Gasteiger partial charge in [-0.2, -0.15) is 17.6 Å². The predicted octanol–water partition coefficient (Wildman–Crippen LogP) is 7.93. The Balaban J connectivity index is 0.000000221. The first kappa shape index (κ1) is 56.7. The fourth-order valence-corrected chi connectivity index (χ4v) is 9.37. The molecule has 4 aromatic heterocycles. The summed E-state index contributed by atoms with van der Waals surface area (Å²) in [6.07, 6.45) is 12.9. The van der Waals surface area contributed by atoms with Gasteiger partial charge in [0.15, 0.2) is 11.6 Å². The molecule has 10 rings (SSSR count). The molecular weight excluding hydrogens is 1020 g/mol. The van der Waals surface area contributed by atoms with Crippen molar-refractivity contribution in [1.29, 1.82) is 0 Å². The van der Waals surface area contributed by atoms with Crippen LogP contribution in [0.4, 0.5) is 22.4 Å². The van der Waals surface area contributed by atoms with E-state index in [1.54, 1.807) is 52.2 Å². The minimum absolute atomic E-state index is 0. The Hall–Kier alpha value is -5.45. The number of aromatic nitrogens is 4. The smallest absolute Gasteiger partial charge is 1.00 e. The van der Waals surface area contributed by atoms with Gasteiger partial charge in [-0.15, -0.1) is 0 Å². The summed E-state index contributed by atoms with van der Waals surface area (Å²) in [5.74, 6) is 2.04. The quantitative estimate of drug-likeness (QED) is 0.0446. The summed E-state index contributed by atoms with van der Waals surface area (Å²) in [6.45, 7) is 3.61. The van der Waals surface area contributed by atoms with Gasteiger partial charge in [-0.1, -0.05) is 0 Å². The van der Waals surface area contributed by atoms with Gasteiger partial charge in [-0.25, -0.2) is 14.8 Å². The molecule has 2 saturated heterocycles. The number of pyridine rings is 2. The number of nitrogens with one attached hydrogen (secondary N) is 1. The second kappa shape index (κ2) is 24.9. The van der Waals surface area contributed by atoms with Gasteiger partial charge < -0.3 is 44.8 Å². The molecule has 0 bridgehead atoms. The van der Waals surface area contributed by atoms with Crippen molar-refractivity contribution in [3.8, 4) is 57.0 Å². The molecule has 4 fully saturated rings. The van der Waals surface area contributed by atoms with Crippen molar-refractivity contribution in [2.45, 2.75) is 91.0 Å². The molecule has 76 heavy (non-hydrogen) atoms. The monoisotopic (exact) mass is 1080 g/mol. The maximum absolute atomic E-state index is 13.3. The molecule has 16 nitrogen and oxygen atoms in total. The number of ketones is 2. The number of carbonyl (C=O) groups excluding carboxylic acids is 3. The third-order valence-corrected chi connectivity index (χ3v) is 13.5. The summed E-state index contributed by atoms with van der Waals surface area (Å²) in [5.41, 5.74) is 3.11. The van der Waals surface area contributed by atoms with Crippen LogP contribution < -0.4 is 85.1 Å². The van der Waals surface area contributed by atoms with Gasteiger partial charge in [-0.3, -0.25) is 18.4 Å². The van der Waals surface area contributed by atoms with E-state index in [4.69, 9.17) is 33.2 Å². The van der Waals surface area contributed by atoms with Gasteiger partial charge in [0.25, 0.3) is 0 Å². The number of rotatable bonds is 20. The predicted molar refractivity (Wildman–Crippen MR) is 270 cm³/mol. The van der Waals surface area contributed by atoms with E-state index < -0.39 is 18.8 Å². The Labute approximate surface area is 482 Å². The van der Waals surface area contributed by atoms with Gasteiger partial charge in [0.1, 0.15) is 62.5 Å². The number of fused-ring (bicyclic) bond motifs is 2. The molecule has 2 aliphatic carbocycles. The number of Topliss-reactive ketones (excluding diaryl/α,β-unsaturated/α-hetero) is 2. The number of ether oxygens (including phenoxy) is 7. The summed E-state index contributed by atoms with van der Waals surface area (Å²) in [7, 11) is 2.81. The molecule has 21 heteroatoms. The van der Waals surface area contributed by atoms with Crippen LogP contribution in [0.15, 0.2) is 73.3 Å². The average molecular weight is 1080 g/mol. The number of methoxy groups -OCH3 is 2. The number of carbonyl (C=O) groups is 3. The van der Waals surface area contributed by atoms with Crippen LogP contribution in [0, 0.1) is 23.7 Å². The number of halogens is 4. The summed E-state index contributed by atoms with van der Waals surface area (Å²) in [5, 5.41) is 3.32. The van der Waals surface area contributed by atoms with Crippen molar-refractivity contribution in [1.82, 2.24) is 29.0 Å². The SMILES string of the molecule is COc1cc(-c2cnc3cc(OCC4CCN(C(=O)OC(C)(C)C)C4)ccn23)cc(OC(F)F)c1C(=O)CC1CC1.COc1cc(-c2cnc3cc(OCC4CCNC4)ccn23)cc(OC(F)F)c1C(=O)CC1CC1.[H-].[K+]. The number of likely N-dealkylation sites (tertiary alicyclic amines) is 1. The molecule has 6 aromatic rings. The number of hydrogen-bond acceptors (Lipinski definition) is 13. The molecular formula is C55H63F4KN6O10. The van der Waals surface area contributed by atoms with E-state index in [1.165, 1.54) is 26.4 Å². The number of benzene rings is 2. The van der Waals surface area contributed by atoms with Crippen molar-refractivity contribution in [2.75, 3.05) is 53.6 Å². The van der Waals surface area contributed by atoms with Crippen molar-refractivity contribution in [3.63, 3.8) is 0 Å². The summed E-state index contributed by atoms with van der Waals surface area (Å²) in [6, 6.07) is 13.5. The summed E-state index contributed by atoms with van der Waals surface area (Å²) < 4.78 is 94.6. The first-order valence-electron chi connectivity index (χ1n) is 25.3. The van der Waals surface area contributed by atoms with E-state index in [-0.39, 0.29) is 123 Å². The second-order valence-corrected chi connectivity index (χ2v) is 20.5. The topological polar surface area (TPSA) is 166 Å². The minimum Gasteiger partial charge on any atom is -1.00 e. The molecule has 1 amide bonds. The van der Waals surface area contributed by atoms with Gasteiger partial charge >= 0.3 is 70.7 Å². The zero-order valence-electron chi connectivity index (χ0n) is 44.6. The molecule has 2 saturated carbocycles. The molecule has 0 spiro atoms. The number of nitrogens with zero attached hydrogens (tertiary/aromatic N) is 5. The van der Waals surface area contributed by atoms with Crippen molar-refractivity contribution in [3.05, 3.63) is 84.4 Å². The Morgan fingerprint density at radius 2 is 1.14 bits per heavy atom. The molecule has 2 aliphatic heterocycles. The molecule has 2 aromatic carbocycles. The maximum atomic E-state index is 13.3. The largest absolute Gasteiger partial charge is 1.00 e. The summed E-state index contributed by atoms with van der Waals surface area (Å²) >= 11 is 0. The molecule has 0 radical (unpaired) electrons. The average Bonchev–Trinajstić information content (AvgIpc) is 4.06. The fourth-order valence-electron chi connectivity index (χ4n) is 9.37. The van der Waals surface area contributed by atoms with Crippen molar-refractivity contribution >= 4 is 29.0 Å². The van der Waals surface area contributed by atoms with Gasteiger partial charge in [0.2, 0.25) is 0 Å². The third kappa shape index (κ3) is 14.4. The molecule has 2 atom stereocenters. The zero-order chi connectivity index (χ0) is 53.0. The first-order chi connectivity index (χ1) is 36.0. The van der Waals surface area contributed by atoms with Crippen LogP contribution in [0.3, 0.4) is 0 Å². The minimum atomic E-state index is -3.10. The molecule has 2 unspecified atom stereocenters. The first-order valence-corrected chi connectivity index (χ1v) is 25.3. The number of amides is 1. The normalized spacial score (nSPS) is 17.3. The zero-order valence-corrected chi connectivity index (χ0v) is 46.7. The number of alkyl halides is 4. The van der Waals surface area contributed by atoms with Gasteiger partial charge in [0, 0.05) is 80.0 Å². The second-order valence-electron chi connectivity index (χ2n) is 20.5. The molecule has 1 N–H and O–H groups in total. The summed E-state index contributed by atoms with van der Waals surface area (Å²) in [4.78, 5) is 48.7. The maximum Gasteiger partial charge on any atom is 1.00 e. The van der Waals surface area contributed by atoms with Crippen LogP contribution in [0.1, 0.15) is 94.3 Å². The standard InChI is InChI=1S/C30H35F2N3O6.C25H27F2N3O4.K.H/c1-30(2,3)41-29(37)34-9-7-19(16-34)17-39-21-8-10-35-22(15-33-26(35)14-21)20-12-24(38-4)27(23(36)11-18-5-6-18)25(13-20)40-28(31)32;1-32-21-9-17(10-22(34-25(26)27)24(21)20(31)8-15-2-3-15)19-13-29-23-11-18(5-7-30(19)23)33-14-16-4-6-28-12-16;;/h8,10,12-15,18-19,28H,5-7,9,11,16-17H2,1-4H3;5,7,9-11,13,15-16,25,28H,2-4,6,8,12,14H2,1H3;;/q;;+1;-1. The van der Waals surface area contributed by atoms with E-state index in [2.05, 4.69) is 15.3 Å². The van der Waals surface area contributed by atoms with Crippen molar-refractivity contribution in [2.24, 2.45) is 23.7 Å². The van der Waals surface area contributed by atoms with Crippen LogP contribution >= 0.6 is 0 Å². The van der Waals surface area contributed by atoms with E-state index in [0.717, 1.165) is 57.4 Å². The van der Waals surface area contributed by atoms with Crippen LogP contribution in [-0.2, 0) is 4.74 Å². The van der Waals surface area contributed by atoms with Gasteiger partial charge in [0.05, 0.1) is 51.2 Å². The fraction of sp³-hybridized carbons (Fsp3) is 0.473. The van der Waals surface area contributed by atoms with Crippen LogP contribution in [0.2, 0.25) is 0 Å². The number of imidazole rings is 2. The van der Waals surface area contributed by atoms with Crippen molar-refractivity contribution < 1.29 is 118 Å². The number of hydrogen-bond donors (Lipinski definition) is 1. The molecule has 6 heterocycles. The Kier molecular flexibility index (Phi) is 18.6. The van der Waals surface area contributed by atoms with E-state index in [0.29, 0.717) is 84.1 Å². The Morgan fingerprint density at radius 3 is 1.57 bits per heavy atom. The van der Waals surface area contributed by atoms with Crippen LogP contribution in [-0.4, -0.2) is 114 Å². The van der Waals surface area contributed by atoms with Gasteiger partial charge in [-0.05, 0) is 114 Å². The van der Waals surface area contributed by atoms with Crippen LogP contribution in [0.25, 0.3) is 33.8 Å². The third-order valence-electron chi connectivity index (χ3n) is 13.5.